The Morgan fingerprint density at radius 1 is 0.905 bits per heavy atom. The Hall–Kier alpha value is -4.04. The minimum atomic E-state index is -4.58. The molecular formula is C34H32F3NO3S. The molecule has 5 rings (SSSR count). The third-order valence-corrected chi connectivity index (χ3v) is 9.54. The number of carbonyl (C=O) groups excluding carboxylic acids is 2. The van der Waals surface area contributed by atoms with Crippen molar-refractivity contribution in [2.24, 2.45) is 0 Å². The van der Waals surface area contributed by atoms with Gasteiger partial charge in [-0.2, -0.15) is 13.2 Å². The predicted octanol–water partition coefficient (Wildman–Crippen LogP) is 8.65. The number of nitrogens with zero attached hydrogens (tertiary/aromatic N) is 1. The molecule has 8 heteroatoms. The maximum absolute atomic E-state index is 14.7. The summed E-state index contributed by atoms with van der Waals surface area (Å²) in [5.74, 6) is -0.599. The van der Waals surface area contributed by atoms with Crippen LogP contribution in [0.3, 0.4) is 0 Å². The Balaban J connectivity index is 1.68. The zero-order chi connectivity index (χ0) is 30.1. The number of rotatable bonds is 6. The number of fused-ring (bicyclic) bond motifs is 1. The summed E-state index contributed by atoms with van der Waals surface area (Å²) in [7, 11) is -1.32. The fraction of sp³-hybridized carbons (Fsp3) is 0.235. The van der Waals surface area contributed by atoms with Crippen molar-refractivity contribution >= 4 is 28.6 Å². The van der Waals surface area contributed by atoms with Gasteiger partial charge < -0.3 is 4.74 Å². The lowest BCUT2D eigenvalue weighted by molar-refractivity contribution is -0.122. The maximum Gasteiger partial charge on any atom is 0.421 e. The lowest BCUT2D eigenvalue weighted by Crippen LogP contribution is -2.51. The van der Waals surface area contributed by atoms with Gasteiger partial charge in [-0.3, -0.25) is 4.79 Å². The molecule has 3 aromatic carbocycles. The number of para-hydroxylation sites is 1. The summed E-state index contributed by atoms with van der Waals surface area (Å²) >= 11 is 0. The van der Waals surface area contributed by atoms with Gasteiger partial charge in [0.1, 0.15) is 5.60 Å². The number of amides is 2. The molecule has 2 atom stereocenters. The Labute approximate surface area is 246 Å². The van der Waals surface area contributed by atoms with E-state index in [0.29, 0.717) is 11.3 Å². The predicted molar refractivity (Wildman–Crippen MR) is 164 cm³/mol. The van der Waals surface area contributed by atoms with Crippen molar-refractivity contribution in [1.29, 1.82) is 0 Å². The molecule has 0 saturated carbocycles. The molecule has 0 radical (unpaired) electrons. The zero-order valence-electron chi connectivity index (χ0n) is 23.5. The van der Waals surface area contributed by atoms with Gasteiger partial charge in [0, 0.05) is 11.3 Å². The van der Waals surface area contributed by atoms with Crippen LogP contribution in [0, 0.1) is 0 Å². The number of benzene rings is 3. The average Bonchev–Trinajstić information content (AvgIpc) is 3.54. The first-order valence-corrected chi connectivity index (χ1v) is 15.1. The summed E-state index contributed by atoms with van der Waals surface area (Å²) in [4.78, 5) is 29.2. The Morgan fingerprint density at radius 2 is 1.50 bits per heavy atom. The summed E-state index contributed by atoms with van der Waals surface area (Å²) in [5.41, 5.74) is 1.19. The monoisotopic (exact) mass is 591 g/mol. The van der Waals surface area contributed by atoms with Crippen LogP contribution in [-0.2, 0) is 21.4 Å². The van der Waals surface area contributed by atoms with E-state index < -0.39 is 45.3 Å². The molecule has 0 aromatic heterocycles. The van der Waals surface area contributed by atoms with Crippen LogP contribution < -0.4 is 4.90 Å². The smallest absolute Gasteiger partial charge is 0.421 e. The van der Waals surface area contributed by atoms with Crippen LogP contribution in [0.25, 0.3) is 11.1 Å². The minimum absolute atomic E-state index is 0.0879. The van der Waals surface area contributed by atoms with Gasteiger partial charge in [-0.1, -0.05) is 91.0 Å². The molecule has 0 N–H and O–H groups in total. The standard InChI is InChI=1S/C34H32F3NO3S/c1-32(2,3)41-31(40)38-28-14-8-7-13-27(28)33(30(38)39,29(19-20-34(35,36)37)42-21-9-10-22-42)23-24-15-17-26(18-16-24)25-11-5-4-6-12-25/h4-22,29,42H,23H2,1-3H3/b20-19+. The van der Waals surface area contributed by atoms with Crippen LogP contribution in [0.5, 0.6) is 0 Å². The summed E-state index contributed by atoms with van der Waals surface area (Å²) < 4.78 is 46.6. The zero-order valence-corrected chi connectivity index (χ0v) is 24.4. The molecule has 4 nitrogen and oxygen atoms in total. The molecule has 2 aliphatic rings. The van der Waals surface area contributed by atoms with E-state index in [1.54, 1.807) is 57.2 Å². The number of halogens is 3. The van der Waals surface area contributed by atoms with Gasteiger partial charge in [0.15, 0.2) is 0 Å². The molecule has 2 heterocycles. The lowest BCUT2D eigenvalue weighted by atomic mass is 9.73. The topological polar surface area (TPSA) is 46.6 Å². The number of ether oxygens (including phenoxy) is 1. The van der Waals surface area contributed by atoms with E-state index in [1.165, 1.54) is 0 Å². The van der Waals surface area contributed by atoms with Crippen LogP contribution in [0.1, 0.15) is 31.9 Å². The van der Waals surface area contributed by atoms with Gasteiger partial charge >= 0.3 is 12.3 Å². The largest absolute Gasteiger partial charge is 0.443 e. The van der Waals surface area contributed by atoms with Crippen molar-refractivity contribution in [3.63, 3.8) is 0 Å². The second-order valence-electron chi connectivity index (χ2n) is 11.3. The van der Waals surface area contributed by atoms with E-state index >= 15 is 0 Å². The van der Waals surface area contributed by atoms with Crippen molar-refractivity contribution in [3.05, 3.63) is 125 Å². The van der Waals surface area contributed by atoms with Crippen molar-refractivity contribution in [1.82, 2.24) is 0 Å². The van der Waals surface area contributed by atoms with Crippen molar-refractivity contribution in [2.75, 3.05) is 4.90 Å². The maximum atomic E-state index is 14.7. The lowest BCUT2D eigenvalue weighted by Gasteiger charge is -2.39. The van der Waals surface area contributed by atoms with E-state index in [-0.39, 0.29) is 12.5 Å². The normalized spacial score (nSPS) is 19.9. The average molecular weight is 592 g/mol. The first-order valence-electron chi connectivity index (χ1n) is 13.6. The third-order valence-electron chi connectivity index (χ3n) is 7.25. The number of thiol groups is 1. The first kappa shape index (κ1) is 29.5. The summed E-state index contributed by atoms with van der Waals surface area (Å²) in [5, 5.41) is 2.82. The van der Waals surface area contributed by atoms with Gasteiger partial charge in [0.2, 0.25) is 5.91 Å². The molecule has 0 aliphatic carbocycles. The van der Waals surface area contributed by atoms with E-state index in [4.69, 9.17) is 4.74 Å². The van der Waals surface area contributed by atoms with Crippen molar-refractivity contribution < 1.29 is 27.5 Å². The van der Waals surface area contributed by atoms with Crippen LogP contribution in [0.2, 0.25) is 0 Å². The second kappa shape index (κ2) is 11.3. The minimum Gasteiger partial charge on any atom is -0.443 e. The highest BCUT2D eigenvalue weighted by Gasteiger charge is 2.58. The van der Waals surface area contributed by atoms with Crippen LogP contribution >= 0.6 is 10.9 Å². The van der Waals surface area contributed by atoms with Gasteiger partial charge in [-0.15, -0.1) is 0 Å². The summed E-state index contributed by atoms with van der Waals surface area (Å²) in [6.07, 6.45) is -0.441. The number of anilines is 1. The molecule has 0 fully saturated rings. The fourth-order valence-corrected chi connectivity index (χ4v) is 7.74. The molecule has 3 aromatic rings. The number of allylic oxidation sites excluding steroid dienone is 3. The molecule has 0 bridgehead atoms. The van der Waals surface area contributed by atoms with Gasteiger partial charge in [0.05, 0.1) is 11.1 Å². The van der Waals surface area contributed by atoms with E-state index in [0.717, 1.165) is 27.7 Å². The number of carbonyl (C=O) groups is 2. The molecule has 218 valence electrons. The Bertz CT molecular complexity index is 1540. The highest BCUT2D eigenvalue weighted by atomic mass is 32.2. The van der Waals surface area contributed by atoms with Crippen LogP contribution in [0.15, 0.2) is 114 Å². The van der Waals surface area contributed by atoms with E-state index in [2.05, 4.69) is 0 Å². The molecule has 2 amide bonds. The van der Waals surface area contributed by atoms with Crippen LogP contribution in [-0.4, -0.2) is 29.0 Å². The molecule has 0 saturated heterocycles. The summed E-state index contributed by atoms with van der Waals surface area (Å²) in [6.45, 7) is 5.10. The molecule has 0 spiro atoms. The number of imide groups is 1. The fourth-order valence-electron chi connectivity index (χ4n) is 5.54. The highest BCUT2D eigenvalue weighted by molar-refractivity contribution is 8.23. The molecule has 2 unspecified atom stereocenters. The van der Waals surface area contributed by atoms with Gasteiger partial charge in [-0.25, -0.2) is 20.6 Å². The molecule has 42 heavy (non-hydrogen) atoms. The summed E-state index contributed by atoms with van der Waals surface area (Å²) in [6, 6.07) is 24.3. The van der Waals surface area contributed by atoms with E-state index in [9.17, 15) is 22.8 Å². The number of hydrogen-bond acceptors (Lipinski definition) is 3. The third kappa shape index (κ3) is 5.95. The SMILES string of the molecule is CC(C)(C)OC(=O)N1C(=O)C(Cc2ccc(-c3ccccc3)cc2)(C(/C=C/C(F)(F)F)[SH]2C=CC=C2)c2ccccc21. The first-order chi connectivity index (χ1) is 19.9. The van der Waals surface area contributed by atoms with Crippen LogP contribution in [0.4, 0.5) is 23.7 Å². The number of hydrogen-bond donors (Lipinski definition) is 1. The quantitative estimate of drug-likeness (QED) is 0.231. The number of alkyl halides is 3. The van der Waals surface area contributed by atoms with Gasteiger partial charge in [0.25, 0.3) is 0 Å². The Kier molecular flexibility index (Phi) is 7.94. The van der Waals surface area contributed by atoms with E-state index in [1.807, 2.05) is 65.4 Å². The molecule has 2 aliphatic heterocycles. The van der Waals surface area contributed by atoms with Crippen molar-refractivity contribution in [2.45, 2.75) is 49.6 Å². The van der Waals surface area contributed by atoms with Gasteiger partial charge in [-0.05, 0) is 66.3 Å². The Morgan fingerprint density at radius 3 is 2.12 bits per heavy atom. The van der Waals surface area contributed by atoms with Crippen molar-refractivity contribution in [3.8, 4) is 11.1 Å². The molecular weight excluding hydrogens is 559 g/mol. The second-order valence-corrected chi connectivity index (χ2v) is 13.4. The highest BCUT2D eigenvalue weighted by Crippen LogP contribution is 2.56.